The maximum Gasteiger partial charge on any atom is 0.255 e. The Balaban J connectivity index is 1.42. The number of nitrogens with one attached hydrogen (secondary N) is 3. The Morgan fingerprint density at radius 1 is 1.19 bits per heavy atom. The summed E-state index contributed by atoms with van der Waals surface area (Å²) < 4.78 is 34.8. The van der Waals surface area contributed by atoms with Gasteiger partial charge in [0.05, 0.1) is 23.7 Å². The van der Waals surface area contributed by atoms with Crippen molar-refractivity contribution in [2.45, 2.75) is 64.2 Å². The number of fused-ring (bicyclic) bond motifs is 1. The fourth-order valence-corrected chi connectivity index (χ4v) is 4.73. The van der Waals surface area contributed by atoms with Gasteiger partial charge in [0, 0.05) is 30.1 Å². The number of carbonyl (C=O) groups is 2. The van der Waals surface area contributed by atoms with Gasteiger partial charge in [-0.1, -0.05) is 6.92 Å². The number of H-pyrrole nitrogens is 1. The van der Waals surface area contributed by atoms with Crippen molar-refractivity contribution in [3.8, 4) is 17.0 Å². The zero-order valence-electron chi connectivity index (χ0n) is 20.2. The Kier molecular flexibility index (Phi) is 6.59. The van der Waals surface area contributed by atoms with Crippen LogP contribution in [-0.2, 0) is 4.79 Å². The van der Waals surface area contributed by atoms with Crippen LogP contribution in [0.1, 0.15) is 55.1 Å². The van der Waals surface area contributed by atoms with E-state index in [1.54, 1.807) is 19.9 Å². The van der Waals surface area contributed by atoms with Crippen molar-refractivity contribution in [1.82, 2.24) is 25.6 Å². The molecule has 10 heteroatoms. The molecule has 190 valence electrons. The summed E-state index contributed by atoms with van der Waals surface area (Å²) in [7, 11) is 0. The molecule has 0 bridgehead atoms. The Bertz CT molecular complexity index is 1310. The molecule has 2 aliphatic carbocycles. The molecule has 0 saturated heterocycles. The van der Waals surface area contributed by atoms with Crippen molar-refractivity contribution in [3.63, 3.8) is 0 Å². The number of rotatable bonds is 8. The first-order valence-electron chi connectivity index (χ1n) is 12.3. The lowest BCUT2D eigenvalue weighted by molar-refractivity contribution is -0.121. The maximum atomic E-state index is 14.7. The quantitative estimate of drug-likeness (QED) is 0.436. The second-order valence-electron chi connectivity index (χ2n) is 9.65. The second kappa shape index (κ2) is 9.83. The van der Waals surface area contributed by atoms with Crippen molar-refractivity contribution in [3.05, 3.63) is 41.6 Å². The van der Waals surface area contributed by atoms with E-state index in [4.69, 9.17) is 4.74 Å². The third-order valence-electron chi connectivity index (χ3n) is 6.85. The number of carbonyl (C=O) groups excluding carboxylic acids is 2. The smallest absolute Gasteiger partial charge is 0.255 e. The average Bonchev–Trinajstić information content (AvgIpc) is 3.53. The van der Waals surface area contributed by atoms with Crippen LogP contribution in [0.4, 0.5) is 8.78 Å². The van der Waals surface area contributed by atoms with E-state index in [9.17, 15) is 18.4 Å². The highest BCUT2D eigenvalue weighted by atomic mass is 19.1. The van der Waals surface area contributed by atoms with Crippen LogP contribution in [0.3, 0.4) is 0 Å². The van der Waals surface area contributed by atoms with Gasteiger partial charge in [0.2, 0.25) is 5.91 Å². The molecule has 3 aromatic rings. The monoisotopic (exact) mass is 497 g/mol. The number of benzene rings is 1. The van der Waals surface area contributed by atoms with Gasteiger partial charge < -0.3 is 20.4 Å². The molecule has 2 saturated carbocycles. The number of aromatic amines is 1. The summed E-state index contributed by atoms with van der Waals surface area (Å²) in [6.45, 7) is 4.01. The number of ether oxygens (including phenoxy) is 1. The second-order valence-corrected chi connectivity index (χ2v) is 9.65. The average molecular weight is 498 g/mol. The molecule has 2 heterocycles. The number of amides is 2. The lowest BCUT2D eigenvalue weighted by atomic mass is 10.1. The molecule has 2 amide bonds. The lowest BCUT2D eigenvalue weighted by Crippen LogP contribution is -2.39. The molecule has 5 rings (SSSR count). The minimum absolute atomic E-state index is 0.145. The topological polar surface area (TPSA) is 109 Å². The molecule has 2 fully saturated rings. The number of hydrogen-bond acceptors (Lipinski definition) is 5. The van der Waals surface area contributed by atoms with E-state index in [1.807, 2.05) is 0 Å². The van der Waals surface area contributed by atoms with E-state index >= 15 is 0 Å². The third kappa shape index (κ3) is 4.89. The molecule has 0 aliphatic heterocycles. The molecule has 3 atom stereocenters. The van der Waals surface area contributed by atoms with Gasteiger partial charge in [-0.05, 0) is 50.3 Å². The van der Waals surface area contributed by atoms with E-state index in [0.29, 0.717) is 59.1 Å². The summed E-state index contributed by atoms with van der Waals surface area (Å²) >= 11 is 0. The van der Waals surface area contributed by atoms with Gasteiger partial charge in [0.25, 0.3) is 5.91 Å². The van der Waals surface area contributed by atoms with E-state index in [2.05, 4.69) is 25.6 Å². The summed E-state index contributed by atoms with van der Waals surface area (Å²) in [6.07, 6.45) is 3.07. The Morgan fingerprint density at radius 2 is 2.00 bits per heavy atom. The molecule has 1 aromatic carbocycles. The van der Waals surface area contributed by atoms with Gasteiger partial charge >= 0.3 is 0 Å². The molecule has 0 unspecified atom stereocenters. The summed E-state index contributed by atoms with van der Waals surface area (Å²) in [5, 5.41) is 5.57. The Labute approximate surface area is 207 Å². The summed E-state index contributed by atoms with van der Waals surface area (Å²) in [5.74, 6) is -0.0255. The number of aromatic nitrogens is 3. The highest BCUT2D eigenvalue weighted by Gasteiger charge is 2.37. The lowest BCUT2D eigenvalue weighted by Gasteiger charge is -2.15. The van der Waals surface area contributed by atoms with Crippen molar-refractivity contribution < 1.29 is 23.1 Å². The van der Waals surface area contributed by atoms with Crippen LogP contribution in [0, 0.1) is 18.7 Å². The first-order valence-corrected chi connectivity index (χ1v) is 12.3. The number of aryl methyl sites for hydroxylation is 1. The van der Waals surface area contributed by atoms with Crippen LogP contribution in [0.25, 0.3) is 22.3 Å². The van der Waals surface area contributed by atoms with Crippen LogP contribution in [0.5, 0.6) is 5.75 Å². The van der Waals surface area contributed by atoms with Crippen molar-refractivity contribution >= 4 is 22.8 Å². The van der Waals surface area contributed by atoms with Gasteiger partial charge in [-0.2, -0.15) is 0 Å². The normalized spacial score (nSPS) is 21.5. The largest absolute Gasteiger partial charge is 0.493 e. The fraction of sp³-hybridized carbons (Fsp3) is 0.462. The van der Waals surface area contributed by atoms with Gasteiger partial charge in [0.1, 0.15) is 35.3 Å². The Morgan fingerprint density at radius 3 is 2.75 bits per heavy atom. The van der Waals surface area contributed by atoms with Crippen LogP contribution in [0.15, 0.2) is 24.5 Å². The van der Waals surface area contributed by atoms with Crippen molar-refractivity contribution in [2.24, 2.45) is 5.92 Å². The third-order valence-corrected chi connectivity index (χ3v) is 6.85. The predicted octanol–water partition coefficient (Wildman–Crippen LogP) is 3.99. The molecule has 0 radical (unpaired) electrons. The van der Waals surface area contributed by atoms with Crippen molar-refractivity contribution in [2.75, 3.05) is 6.61 Å². The zero-order valence-corrected chi connectivity index (χ0v) is 20.2. The molecule has 36 heavy (non-hydrogen) atoms. The number of hydrogen-bond donors (Lipinski definition) is 3. The Hall–Kier alpha value is -3.56. The fourth-order valence-electron chi connectivity index (χ4n) is 4.73. The van der Waals surface area contributed by atoms with E-state index in [-0.39, 0.29) is 23.9 Å². The SMILES string of the molecule is CCC(=O)N[C@@H]1C[C@@H](F)[C@H](NC(=O)c2c(C)[nH]c3c(-c4cc(F)ccc4OCC4CC4)ncnc23)C1. The summed E-state index contributed by atoms with van der Waals surface area (Å²) in [4.78, 5) is 36.8. The molecular formula is C26H29F2N5O3. The van der Waals surface area contributed by atoms with Gasteiger partial charge in [-0.25, -0.2) is 18.7 Å². The minimum atomic E-state index is -1.27. The van der Waals surface area contributed by atoms with Gasteiger partial charge in [-0.3, -0.25) is 9.59 Å². The van der Waals surface area contributed by atoms with Crippen LogP contribution in [-0.4, -0.2) is 51.6 Å². The van der Waals surface area contributed by atoms with Crippen LogP contribution in [0.2, 0.25) is 0 Å². The minimum Gasteiger partial charge on any atom is -0.493 e. The van der Waals surface area contributed by atoms with Crippen LogP contribution >= 0.6 is 0 Å². The van der Waals surface area contributed by atoms with E-state index < -0.39 is 23.9 Å². The summed E-state index contributed by atoms with van der Waals surface area (Å²) in [5.41, 5.74) is 2.52. The standard InChI is InChI=1S/C26H29F2N5O3/c1-3-21(34)32-16-9-18(28)19(10-16)33-26(35)22-13(2)31-25-23(29-12-30-24(22)25)17-8-15(27)6-7-20(17)36-11-14-4-5-14/h6-8,12,14,16,18-19,31H,3-5,9-11H2,1-2H3,(H,32,34)(H,33,35)/t16-,18-,19-/m1/s1. The molecule has 8 nitrogen and oxygen atoms in total. The van der Waals surface area contributed by atoms with E-state index in [1.165, 1.54) is 18.5 Å². The first-order chi connectivity index (χ1) is 17.3. The van der Waals surface area contributed by atoms with Gasteiger partial charge in [-0.15, -0.1) is 0 Å². The van der Waals surface area contributed by atoms with Gasteiger partial charge in [0.15, 0.2) is 0 Å². The number of nitrogens with zero attached hydrogens (tertiary/aromatic N) is 2. The summed E-state index contributed by atoms with van der Waals surface area (Å²) in [6, 6.07) is 3.23. The zero-order chi connectivity index (χ0) is 25.4. The van der Waals surface area contributed by atoms with E-state index in [0.717, 1.165) is 12.8 Å². The predicted molar refractivity (Wildman–Crippen MR) is 130 cm³/mol. The first kappa shape index (κ1) is 24.1. The number of alkyl halides is 1. The maximum absolute atomic E-state index is 14.7. The highest BCUT2D eigenvalue weighted by molar-refractivity contribution is 6.09. The highest BCUT2D eigenvalue weighted by Crippen LogP contribution is 2.37. The molecule has 2 aromatic heterocycles. The molecule has 2 aliphatic rings. The molecule has 0 spiro atoms. The van der Waals surface area contributed by atoms with Crippen molar-refractivity contribution in [1.29, 1.82) is 0 Å². The number of halogens is 2. The van der Waals surface area contributed by atoms with Crippen LogP contribution < -0.4 is 15.4 Å². The molecular weight excluding hydrogens is 468 g/mol. The molecule has 3 N–H and O–H groups in total.